The minimum absolute atomic E-state index is 0.00192. The number of hydrogen-bond acceptors (Lipinski definition) is 6. The first-order valence-electron chi connectivity index (χ1n) is 9.72. The van der Waals surface area contributed by atoms with Crippen molar-refractivity contribution in [2.45, 2.75) is 24.5 Å². The van der Waals surface area contributed by atoms with E-state index in [1.807, 2.05) is 47.9 Å². The molecule has 2 heterocycles. The lowest BCUT2D eigenvalue weighted by atomic mass is 10.1. The number of sulfone groups is 1. The van der Waals surface area contributed by atoms with E-state index in [0.717, 1.165) is 16.8 Å². The first-order chi connectivity index (χ1) is 14.8. The lowest BCUT2D eigenvalue weighted by molar-refractivity contribution is -0.119. The molecule has 4 rings (SSSR count). The molecule has 1 atom stereocenters. The van der Waals surface area contributed by atoms with Gasteiger partial charge in [0.25, 0.3) is 0 Å². The van der Waals surface area contributed by atoms with Gasteiger partial charge in [-0.15, -0.1) is 10.2 Å². The Hall–Kier alpha value is -2.36. The van der Waals surface area contributed by atoms with E-state index >= 15 is 0 Å². The molecule has 31 heavy (non-hydrogen) atoms. The quantitative estimate of drug-likeness (QED) is 0.548. The van der Waals surface area contributed by atoms with Crippen LogP contribution in [0.5, 0.6) is 0 Å². The van der Waals surface area contributed by atoms with Crippen molar-refractivity contribution in [3.05, 3.63) is 59.1 Å². The van der Waals surface area contributed by atoms with Crippen LogP contribution in [0.25, 0.3) is 17.1 Å². The fourth-order valence-electron chi connectivity index (χ4n) is 3.38. The van der Waals surface area contributed by atoms with Crippen molar-refractivity contribution in [1.29, 1.82) is 0 Å². The Morgan fingerprint density at radius 3 is 2.52 bits per heavy atom. The summed E-state index contributed by atoms with van der Waals surface area (Å²) in [5.41, 5.74) is 2.87. The number of halogens is 1. The third kappa shape index (κ3) is 5.28. The highest BCUT2D eigenvalue weighted by Gasteiger charge is 2.29. The van der Waals surface area contributed by atoms with Crippen LogP contribution in [-0.4, -0.2) is 52.4 Å². The van der Waals surface area contributed by atoms with Gasteiger partial charge in [0.05, 0.1) is 17.3 Å². The number of rotatable bonds is 6. The Balaban J connectivity index is 1.56. The molecular weight excluding hydrogens is 456 g/mol. The topological polar surface area (TPSA) is 94.0 Å². The van der Waals surface area contributed by atoms with Crippen LogP contribution in [0.3, 0.4) is 0 Å². The van der Waals surface area contributed by atoms with Gasteiger partial charge in [0.15, 0.2) is 20.8 Å². The van der Waals surface area contributed by atoms with E-state index in [0.29, 0.717) is 22.4 Å². The number of aryl methyl sites for hydroxylation is 1. The summed E-state index contributed by atoms with van der Waals surface area (Å²) in [7, 11) is -3.04. The minimum atomic E-state index is -3.04. The molecule has 0 aliphatic carbocycles. The number of carbonyl (C=O) groups excluding carboxylic acids is 1. The molecule has 1 aromatic heterocycles. The van der Waals surface area contributed by atoms with Gasteiger partial charge in [-0.05, 0) is 37.6 Å². The van der Waals surface area contributed by atoms with E-state index in [1.165, 1.54) is 11.8 Å². The fourth-order valence-corrected chi connectivity index (χ4v) is 5.95. The zero-order valence-corrected chi connectivity index (χ0v) is 19.2. The SMILES string of the molecule is Cc1ccc(-c2nnc(SCC(=O)NC3CCS(=O)(=O)C3)n2-c2ccc(Cl)cc2)cc1. The number of thioether (sulfide) groups is 1. The molecule has 1 amide bonds. The lowest BCUT2D eigenvalue weighted by Gasteiger charge is -2.12. The fraction of sp³-hybridized carbons (Fsp3) is 0.286. The van der Waals surface area contributed by atoms with E-state index in [1.54, 1.807) is 12.1 Å². The largest absolute Gasteiger partial charge is 0.352 e. The first-order valence-corrected chi connectivity index (χ1v) is 12.9. The van der Waals surface area contributed by atoms with Crippen molar-refractivity contribution in [2.75, 3.05) is 17.3 Å². The number of amides is 1. The second-order valence-electron chi connectivity index (χ2n) is 7.44. The van der Waals surface area contributed by atoms with Crippen LogP contribution in [0.1, 0.15) is 12.0 Å². The first kappa shape index (κ1) is 21.9. The maximum absolute atomic E-state index is 12.4. The normalized spacial score (nSPS) is 17.5. The van der Waals surface area contributed by atoms with E-state index < -0.39 is 9.84 Å². The highest BCUT2D eigenvalue weighted by atomic mass is 35.5. The number of nitrogens with zero attached hydrogens (tertiary/aromatic N) is 3. The van der Waals surface area contributed by atoms with Gasteiger partial charge in [0.1, 0.15) is 0 Å². The molecule has 1 aliphatic rings. The van der Waals surface area contributed by atoms with Crippen LogP contribution < -0.4 is 5.32 Å². The molecule has 10 heteroatoms. The molecule has 0 saturated carbocycles. The molecule has 1 saturated heterocycles. The number of carbonyl (C=O) groups is 1. The molecule has 0 bridgehead atoms. The van der Waals surface area contributed by atoms with Gasteiger partial charge in [-0.3, -0.25) is 9.36 Å². The molecule has 3 aromatic rings. The number of nitrogens with one attached hydrogen (secondary N) is 1. The van der Waals surface area contributed by atoms with Crippen LogP contribution in [0.4, 0.5) is 0 Å². The van der Waals surface area contributed by atoms with Crippen molar-refractivity contribution < 1.29 is 13.2 Å². The molecule has 162 valence electrons. The smallest absolute Gasteiger partial charge is 0.230 e. The summed E-state index contributed by atoms with van der Waals surface area (Å²) in [5, 5.41) is 12.7. The highest BCUT2D eigenvalue weighted by Crippen LogP contribution is 2.29. The van der Waals surface area contributed by atoms with Gasteiger partial charge in [-0.2, -0.15) is 0 Å². The van der Waals surface area contributed by atoms with Gasteiger partial charge < -0.3 is 5.32 Å². The summed E-state index contributed by atoms with van der Waals surface area (Å²) in [6, 6.07) is 15.0. The predicted molar refractivity (Wildman–Crippen MR) is 122 cm³/mol. The van der Waals surface area contributed by atoms with Gasteiger partial charge >= 0.3 is 0 Å². The Kier molecular flexibility index (Phi) is 6.36. The molecule has 1 aliphatic heterocycles. The second-order valence-corrected chi connectivity index (χ2v) is 11.0. The number of hydrogen-bond donors (Lipinski definition) is 1. The summed E-state index contributed by atoms with van der Waals surface area (Å²) in [4.78, 5) is 12.4. The molecule has 1 unspecified atom stereocenters. The van der Waals surface area contributed by atoms with Crippen LogP contribution in [0, 0.1) is 6.92 Å². The maximum Gasteiger partial charge on any atom is 0.230 e. The van der Waals surface area contributed by atoms with Crippen molar-refractivity contribution in [3.63, 3.8) is 0 Å². The third-order valence-corrected chi connectivity index (χ3v) is 7.91. The average Bonchev–Trinajstić information content (AvgIpc) is 3.30. The lowest BCUT2D eigenvalue weighted by Crippen LogP contribution is -2.36. The minimum Gasteiger partial charge on any atom is -0.352 e. The molecule has 0 spiro atoms. The number of benzene rings is 2. The van der Waals surface area contributed by atoms with Crippen LogP contribution in [0.2, 0.25) is 5.02 Å². The summed E-state index contributed by atoms with van der Waals surface area (Å²) in [5.74, 6) is 0.662. The van der Waals surface area contributed by atoms with Crippen molar-refractivity contribution in [3.8, 4) is 17.1 Å². The van der Waals surface area contributed by atoms with Crippen LogP contribution in [-0.2, 0) is 14.6 Å². The Bertz CT molecular complexity index is 1190. The van der Waals surface area contributed by atoms with E-state index in [4.69, 9.17) is 11.6 Å². The van der Waals surface area contributed by atoms with Gasteiger partial charge in [-0.1, -0.05) is 53.2 Å². The average molecular weight is 477 g/mol. The zero-order chi connectivity index (χ0) is 22.0. The summed E-state index contributed by atoms with van der Waals surface area (Å²) in [6.07, 6.45) is 0.456. The van der Waals surface area contributed by atoms with Crippen molar-refractivity contribution in [1.82, 2.24) is 20.1 Å². The predicted octanol–water partition coefficient (Wildman–Crippen LogP) is 3.29. The summed E-state index contributed by atoms with van der Waals surface area (Å²) >= 11 is 7.30. The monoisotopic (exact) mass is 476 g/mol. The Labute approximate surface area is 190 Å². The molecule has 1 fully saturated rings. The molecular formula is C21H21ClN4O3S2. The zero-order valence-electron chi connectivity index (χ0n) is 16.8. The van der Waals surface area contributed by atoms with Crippen molar-refractivity contribution >= 4 is 39.1 Å². The van der Waals surface area contributed by atoms with Crippen LogP contribution in [0.15, 0.2) is 53.7 Å². The maximum atomic E-state index is 12.4. The standard InChI is InChI=1S/C21H21ClN4O3S2/c1-14-2-4-15(5-3-14)20-24-25-21(26(20)18-8-6-16(22)7-9-18)30-12-19(27)23-17-10-11-31(28,29)13-17/h2-9,17H,10-13H2,1H3,(H,23,27). The van der Waals surface area contributed by atoms with Gasteiger partial charge in [0.2, 0.25) is 5.91 Å². The Morgan fingerprint density at radius 1 is 1.16 bits per heavy atom. The summed E-state index contributed by atoms with van der Waals surface area (Å²) in [6.45, 7) is 2.02. The molecule has 7 nitrogen and oxygen atoms in total. The molecule has 0 radical (unpaired) electrons. The summed E-state index contributed by atoms with van der Waals surface area (Å²) < 4.78 is 25.1. The third-order valence-electron chi connectivity index (χ3n) is 4.96. The van der Waals surface area contributed by atoms with Gasteiger partial charge in [0, 0.05) is 22.3 Å². The number of aromatic nitrogens is 3. The second kappa shape index (κ2) is 9.02. The van der Waals surface area contributed by atoms with Crippen LogP contribution >= 0.6 is 23.4 Å². The van der Waals surface area contributed by atoms with E-state index in [9.17, 15) is 13.2 Å². The molecule has 2 aromatic carbocycles. The molecule has 1 N–H and O–H groups in total. The Morgan fingerprint density at radius 2 is 1.87 bits per heavy atom. The van der Waals surface area contributed by atoms with E-state index in [2.05, 4.69) is 15.5 Å². The van der Waals surface area contributed by atoms with E-state index in [-0.39, 0.29) is 29.2 Å². The highest BCUT2D eigenvalue weighted by molar-refractivity contribution is 7.99. The van der Waals surface area contributed by atoms with Crippen molar-refractivity contribution in [2.24, 2.45) is 0 Å². The van der Waals surface area contributed by atoms with Gasteiger partial charge in [-0.25, -0.2) is 8.42 Å².